The van der Waals surface area contributed by atoms with Gasteiger partial charge in [-0.15, -0.1) is 11.3 Å². The van der Waals surface area contributed by atoms with Gasteiger partial charge in [-0.3, -0.25) is 14.6 Å². The van der Waals surface area contributed by atoms with Crippen LogP contribution in [-0.2, 0) is 22.6 Å². The van der Waals surface area contributed by atoms with Crippen molar-refractivity contribution in [2.24, 2.45) is 5.92 Å². The molecule has 2 aromatic heterocycles. The standard InChI is InChI=1S/C19H21N3O2S/c23-18(10-17-5-3-9-25-17)21-11-14-6-7-16(13-21)22(19(14)24)12-15-4-1-2-8-20-15/h1-5,8-9,14,16H,6-7,10-13H2/t14-,16+/m1/s1. The number of carbonyl (C=O) groups is 2. The zero-order chi connectivity index (χ0) is 17.2. The van der Waals surface area contributed by atoms with Gasteiger partial charge in [0.25, 0.3) is 0 Å². The van der Waals surface area contributed by atoms with Crippen LogP contribution in [0.25, 0.3) is 0 Å². The van der Waals surface area contributed by atoms with Crippen molar-refractivity contribution in [2.75, 3.05) is 13.1 Å². The monoisotopic (exact) mass is 355 g/mol. The molecule has 2 amide bonds. The second-order valence-electron chi connectivity index (χ2n) is 6.77. The van der Waals surface area contributed by atoms with Crippen LogP contribution in [0.1, 0.15) is 23.4 Å². The van der Waals surface area contributed by atoms with Crippen molar-refractivity contribution in [3.8, 4) is 0 Å². The number of hydrogen-bond donors (Lipinski definition) is 0. The molecule has 5 nitrogen and oxygen atoms in total. The zero-order valence-electron chi connectivity index (χ0n) is 14.0. The van der Waals surface area contributed by atoms with Crippen LogP contribution in [0.5, 0.6) is 0 Å². The zero-order valence-corrected chi connectivity index (χ0v) is 14.8. The van der Waals surface area contributed by atoms with Crippen molar-refractivity contribution < 1.29 is 9.59 Å². The third kappa shape index (κ3) is 3.44. The summed E-state index contributed by atoms with van der Waals surface area (Å²) in [5, 5.41) is 1.99. The number of fused-ring (bicyclic) bond motifs is 4. The number of rotatable bonds is 4. The Morgan fingerprint density at radius 3 is 2.88 bits per heavy atom. The topological polar surface area (TPSA) is 53.5 Å². The highest BCUT2D eigenvalue weighted by Gasteiger charge is 2.41. The minimum atomic E-state index is -0.0743. The molecule has 5 rings (SSSR count). The average Bonchev–Trinajstić information content (AvgIpc) is 2.98. The molecule has 2 aromatic rings. The Morgan fingerprint density at radius 1 is 1.20 bits per heavy atom. The Kier molecular flexibility index (Phi) is 4.53. The van der Waals surface area contributed by atoms with Crippen molar-refractivity contribution >= 4 is 23.2 Å². The highest BCUT2D eigenvalue weighted by molar-refractivity contribution is 7.10. The summed E-state index contributed by atoms with van der Waals surface area (Å²) in [4.78, 5) is 34.8. The first-order chi connectivity index (χ1) is 12.2. The molecule has 0 radical (unpaired) electrons. The molecule has 2 bridgehead atoms. The lowest BCUT2D eigenvalue weighted by molar-refractivity contribution is -0.140. The minimum absolute atomic E-state index is 0.0743. The fourth-order valence-electron chi connectivity index (χ4n) is 3.79. The molecule has 5 heterocycles. The number of pyridine rings is 1. The van der Waals surface area contributed by atoms with Crippen LogP contribution in [0, 0.1) is 5.92 Å². The number of thiophene rings is 1. The smallest absolute Gasteiger partial charge is 0.228 e. The lowest BCUT2D eigenvalue weighted by Gasteiger charge is -2.35. The summed E-state index contributed by atoms with van der Waals surface area (Å²) in [7, 11) is 0. The molecule has 130 valence electrons. The van der Waals surface area contributed by atoms with E-state index in [9.17, 15) is 9.59 Å². The van der Waals surface area contributed by atoms with E-state index in [1.165, 1.54) is 0 Å². The molecule has 3 aliphatic heterocycles. The van der Waals surface area contributed by atoms with E-state index in [-0.39, 0.29) is 23.8 Å². The molecule has 3 saturated heterocycles. The molecule has 3 fully saturated rings. The van der Waals surface area contributed by atoms with E-state index in [0.29, 0.717) is 26.1 Å². The summed E-state index contributed by atoms with van der Waals surface area (Å²) in [5.41, 5.74) is 0.903. The molecule has 0 N–H and O–H groups in total. The van der Waals surface area contributed by atoms with Gasteiger partial charge < -0.3 is 9.80 Å². The first-order valence-corrected chi connectivity index (χ1v) is 9.59. The molecule has 0 unspecified atom stereocenters. The Balaban J connectivity index is 1.49. The lowest BCUT2D eigenvalue weighted by Crippen LogP contribution is -2.47. The summed E-state index contributed by atoms with van der Waals surface area (Å²) in [6.07, 6.45) is 4.04. The van der Waals surface area contributed by atoms with Gasteiger partial charge in [-0.1, -0.05) is 12.1 Å². The molecule has 0 aromatic carbocycles. The summed E-state index contributed by atoms with van der Waals surface area (Å²) in [5.74, 6) is 0.231. The fourth-order valence-corrected chi connectivity index (χ4v) is 4.49. The predicted octanol–water partition coefficient (Wildman–Crippen LogP) is 2.34. The Morgan fingerprint density at radius 2 is 2.12 bits per heavy atom. The molecule has 0 spiro atoms. The van der Waals surface area contributed by atoms with E-state index in [0.717, 1.165) is 23.4 Å². The number of piperidine rings is 1. The van der Waals surface area contributed by atoms with Crippen LogP contribution in [-0.4, -0.2) is 45.7 Å². The second-order valence-corrected chi connectivity index (χ2v) is 7.80. The van der Waals surface area contributed by atoms with Gasteiger partial charge in [0.2, 0.25) is 11.8 Å². The van der Waals surface area contributed by atoms with Crippen molar-refractivity contribution in [1.29, 1.82) is 0 Å². The van der Waals surface area contributed by atoms with Crippen LogP contribution >= 0.6 is 11.3 Å². The molecule has 3 aliphatic rings. The van der Waals surface area contributed by atoms with Crippen molar-refractivity contribution in [2.45, 2.75) is 31.8 Å². The van der Waals surface area contributed by atoms with Crippen molar-refractivity contribution in [3.63, 3.8) is 0 Å². The highest BCUT2D eigenvalue weighted by atomic mass is 32.1. The van der Waals surface area contributed by atoms with E-state index in [2.05, 4.69) is 4.98 Å². The largest absolute Gasteiger partial charge is 0.340 e. The van der Waals surface area contributed by atoms with E-state index in [1.54, 1.807) is 17.5 Å². The summed E-state index contributed by atoms with van der Waals surface area (Å²) < 4.78 is 0. The van der Waals surface area contributed by atoms with Gasteiger partial charge in [-0.2, -0.15) is 0 Å². The van der Waals surface area contributed by atoms with Gasteiger partial charge in [0.1, 0.15) is 0 Å². The third-order valence-corrected chi connectivity index (χ3v) is 5.99. The highest BCUT2D eigenvalue weighted by Crippen LogP contribution is 2.30. The number of amides is 2. The lowest BCUT2D eigenvalue weighted by atomic mass is 9.94. The van der Waals surface area contributed by atoms with Crippen LogP contribution in [0.4, 0.5) is 0 Å². The van der Waals surface area contributed by atoms with Crippen molar-refractivity contribution in [1.82, 2.24) is 14.8 Å². The number of aromatic nitrogens is 1. The first kappa shape index (κ1) is 16.3. The molecule has 0 aliphatic carbocycles. The number of carbonyl (C=O) groups excluding carboxylic acids is 2. The maximum absolute atomic E-state index is 12.9. The second kappa shape index (κ2) is 6.96. The van der Waals surface area contributed by atoms with Gasteiger partial charge in [0, 0.05) is 30.2 Å². The van der Waals surface area contributed by atoms with Gasteiger partial charge in [0.05, 0.1) is 24.6 Å². The van der Waals surface area contributed by atoms with Gasteiger partial charge >= 0.3 is 0 Å². The van der Waals surface area contributed by atoms with Crippen LogP contribution < -0.4 is 0 Å². The summed E-state index contributed by atoms with van der Waals surface area (Å²) in [6, 6.07) is 9.84. The molecule has 6 heteroatoms. The molecular weight excluding hydrogens is 334 g/mol. The quantitative estimate of drug-likeness (QED) is 0.846. The summed E-state index contributed by atoms with van der Waals surface area (Å²) in [6.45, 7) is 1.73. The number of hydrogen-bond acceptors (Lipinski definition) is 4. The van der Waals surface area contributed by atoms with Gasteiger partial charge in [0.15, 0.2) is 0 Å². The summed E-state index contributed by atoms with van der Waals surface area (Å²) >= 11 is 1.61. The van der Waals surface area contributed by atoms with Crippen LogP contribution in [0.15, 0.2) is 41.9 Å². The predicted molar refractivity (Wildman–Crippen MR) is 95.9 cm³/mol. The van der Waals surface area contributed by atoms with E-state index in [4.69, 9.17) is 0 Å². The first-order valence-electron chi connectivity index (χ1n) is 8.71. The maximum Gasteiger partial charge on any atom is 0.228 e. The van der Waals surface area contributed by atoms with Crippen LogP contribution in [0.2, 0.25) is 0 Å². The van der Waals surface area contributed by atoms with E-state index < -0.39 is 0 Å². The number of nitrogens with zero attached hydrogens (tertiary/aromatic N) is 3. The Labute approximate surface area is 151 Å². The SMILES string of the molecule is O=C(Cc1cccs1)N1C[C@H]2CC[C@@H](C1)N(Cc1ccccn1)C2=O. The van der Waals surface area contributed by atoms with Crippen molar-refractivity contribution in [3.05, 3.63) is 52.5 Å². The molecule has 2 atom stereocenters. The fraction of sp³-hybridized carbons (Fsp3) is 0.421. The normalized spacial score (nSPS) is 23.0. The molecular formula is C19H21N3O2S. The maximum atomic E-state index is 12.9. The minimum Gasteiger partial charge on any atom is -0.340 e. The average molecular weight is 355 g/mol. The Hall–Kier alpha value is -2.21. The third-order valence-electron chi connectivity index (χ3n) is 5.11. The Bertz CT molecular complexity index is 747. The van der Waals surface area contributed by atoms with Gasteiger partial charge in [-0.05, 0) is 36.4 Å². The van der Waals surface area contributed by atoms with Gasteiger partial charge in [-0.25, -0.2) is 0 Å². The molecule has 0 saturated carbocycles. The van der Waals surface area contributed by atoms with E-state index >= 15 is 0 Å². The van der Waals surface area contributed by atoms with E-state index in [1.807, 2.05) is 45.5 Å². The molecule has 25 heavy (non-hydrogen) atoms. The van der Waals surface area contributed by atoms with Crippen LogP contribution in [0.3, 0.4) is 0 Å².